The Morgan fingerprint density at radius 1 is 1.00 bits per heavy atom. The molecule has 3 aromatic rings. The van der Waals surface area contributed by atoms with Crippen molar-refractivity contribution in [3.63, 3.8) is 0 Å². The normalized spacial score (nSPS) is 12.3. The third-order valence-electron chi connectivity index (χ3n) is 3.33. The van der Waals surface area contributed by atoms with E-state index >= 15 is 0 Å². The van der Waals surface area contributed by atoms with E-state index in [0.717, 1.165) is 11.6 Å². The largest absolute Gasteiger partial charge is 0.534 e. The molecule has 0 aliphatic heterocycles. The number of aromatic nitrogens is 1. The van der Waals surface area contributed by atoms with Crippen LogP contribution in [-0.2, 0) is 10.1 Å². The number of rotatable bonds is 3. The van der Waals surface area contributed by atoms with Crippen molar-refractivity contribution in [2.75, 3.05) is 0 Å². The van der Waals surface area contributed by atoms with Gasteiger partial charge >= 0.3 is 15.6 Å². The molecule has 0 aliphatic rings. The molecule has 3 rings (SSSR count). The first kappa shape index (κ1) is 17.5. The number of nitrogens with zero attached hydrogens (tertiary/aromatic N) is 1. The van der Waals surface area contributed by atoms with Crippen LogP contribution in [0.15, 0.2) is 54.7 Å². The lowest BCUT2D eigenvalue weighted by molar-refractivity contribution is -0.0500. The van der Waals surface area contributed by atoms with E-state index in [2.05, 4.69) is 9.17 Å². The Labute approximate surface area is 146 Å². The summed E-state index contributed by atoms with van der Waals surface area (Å²) < 4.78 is 63.9. The lowest BCUT2D eigenvalue weighted by atomic mass is 10.1. The molecular weight excluding hydrogens is 379 g/mol. The molecule has 25 heavy (non-hydrogen) atoms. The minimum Gasteiger partial charge on any atom is -0.374 e. The average molecular weight is 388 g/mol. The van der Waals surface area contributed by atoms with Crippen LogP contribution in [0.3, 0.4) is 0 Å². The van der Waals surface area contributed by atoms with Crippen LogP contribution in [0.1, 0.15) is 0 Å². The highest BCUT2D eigenvalue weighted by Crippen LogP contribution is 2.35. The second-order valence-electron chi connectivity index (χ2n) is 5.05. The molecule has 0 atom stereocenters. The van der Waals surface area contributed by atoms with Gasteiger partial charge < -0.3 is 4.18 Å². The molecule has 0 saturated carbocycles. The third-order valence-corrected chi connectivity index (χ3v) is 4.59. The number of halogens is 4. The number of hydrogen-bond acceptors (Lipinski definition) is 4. The zero-order valence-electron chi connectivity index (χ0n) is 12.3. The smallest absolute Gasteiger partial charge is 0.374 e. The molecule has 2 aromatic carbocycles. The maximum absolute atomic E-state index is 12.5. The Kier molecular flexibility index (Phi) is 4.34. The van der Waals surface area contributed by atoms with Gasteiger partial charge in [-0.05, 0) is 23.8 Å². The fourth-order valence-corrected chi connectivity index (χ4v) is 2.86. The van der Waals surface area contributed by atoms with Gasteiger partial charge in [0.05, 0.1) is 10.5 Å². The third kappa shape index (κ3) is 3.54. The number of benzene rings is 2. The number of hydrogen-bond donors (Lipinski definition) is 0. The maximum Gasteiger partial charge on any atom is 0.534 e. The zero-order valence-corrected chi connectivity index (χ0v) is 13.9. The summed E-state index contributed by atoms with van der Waals surface area (Å²) in [6, 6.07) is 13.2. The van der Waals surface area contributed by atoms with Crippen molar-refractivity contribution in [3.8, 4) is 16.9 Å². The van der Waals surface area contributed by atoms with Gasteiger partial charge in [0.2, 0.25) is 0 Å². The number of fused-ring (bicyclic) bond motifs is 1. The van der Waals surface area contributed by atoms with Crippen molar-refractivity contribution in [1.82, 2.24) is 4.98 Å². The number of pyridine rings is 1. The molecule has 0 unspecified atom stereocenters. The van der Waals surface area contributed by atoms with Gasteiger partial charge in [-0.3, -0.25) is 4.98 Å². The van der Waals surface area contributed by atoms with Gasteiger partial charge in [-0.25, -0.2) is 0 Å². The Morgan fingerprint density at radius 2 is 1.68 bits per heavy atom. The van der Waals surface area contributed by atoms with Gasteiger partial charge in [0.15, 0.2) is 5.75 Å². The van der Waals surface area contributed by atoms with E-state index in [0.29, 0.717) is 16.5 Å². The van der Waals surface area contributed by atoms with Gasteiger partial charge in [0, 0.05) is 17.1 Å². The molecule has 0 spiro atoms. The summed E-state index contributed by atoms with van der Waals surface area (Å²) in [6.45, 7) is 0. The molecule has 0 aliphatic carbocycles. The van der Waals surface area contributed by atoms with Crippen LogP contribution < -0.4 is 4.18 Å². The molecule has 1 aromatic heterocycles. The Bertz CT molecular complexity index is 1040. The molecule has 1 heterocycles. The quantitative estimate of drug-likeness (QED) is 0.479. The summed E-state index contributed by atoms with van der Waals surface area (Å²) in [5.41, 5.74) is -3.60. The van der Waals surface area contributed by atoms with E-state index in [1.54, 1.807) is 12.3 Å². The highest BCUT2D eigenvalue weighted by molar-refractivity contribution is 7.88. The second-order valence-corrected chi connectivity index (χ2v) is 6.99. The molecule has 0 bridgehead atoms. The lowest BCUT2D eigenvalue weighted by Crippen LogP contribution is -2.28. The van der Waals surface area contributed by atoms with Crippen LogP contribution in [-0.4, -0.2) is 18.9 Å². The Hall–Kier alpha value is -2.32. The fraction of sp³-hybridized carbons (Fsp3) is 0.0625. The van der Waals surface area contributed by atoms with Crippen LogP contribution in [0.25, 0.3) is 22.0 Å². The van der Waals surface area contributed by atoms with E-state index in [1.807, 2.05) is 30.3 Å². The molecule has 0 radical (unpaired) electrons. The first-order valence-electron chi connectivity index (χ1n) is 6.83. The van der Waals surface area contributed by atoms with Crippen LogP contribution >= 0.6 is 11.6 Å². The Balaban J connectivity index is 2.08. The van der Waals surface area contributed by atoms with Gasteiger partial charge in [0.1, 0.15) is 0 Å². The summed E-state index contributed by atoms with van der Waals surface area (Å²) in [4.78, 5) is 4.19. The minimum absolute atomic E-state index is 0.291. The average Bonchev–Trinajstić information content (AvgIpc) is 2.55. The van der Waals surface area contributed by atoms with Crippen molar-refractivity contribution >= 4 is 32.6 Å². The molecule has 0 saturated heterocycles. The van der Waals surface area contributed by atoms with E-state index in [4.69, 9.17) is 11.6 Å². The highest BCUT2D eigenvalue weighted by atomic mass is 35.5. The molecule has 9 heteroatoms. The van der Waals surface area contributed by atoms with Crippen LogP contribution in [0, 0.1) is 0 Å². The Morgan fingerprint density at radius 3 is 2.32 bits per heavy atom. The monoisotopic (exact) mass is 387 g/mol. The predicted octanol–water partition coefficient (Wildman–Crippen LogP) is 4.78. The van der Waals surface area contributed by atoms with Crippen LogP contribution in [0.2, 0.25) is 5.02 Å². The predicted molar refractivity (Wildman–Crippen MR) is 87.8 cm³/mol. The second kappa shape index (κ2) is 6.20. The van der Waals surface area contributed by atoms with Gasteiger partial charge in [-0.2, -0.15) is 21.6 Å². The first-order valence-corrected chi connectivity index (χ1v) is 8.61. The standard InChI is InChI=1S/C16H9ClF3NO3S/c17-13-8-14-11(7-15(13)24-25(22,23)16(18,19)20)6-12(9-21-14)10-4-2-1-3-5-10/h1-9H. The van der Waals surface area contributed by atoms with Crippen LogP contribution in [0.4, 0.5) is 13.2 Å². The van der Waals surface area contributed by atoms with Gasteiger partial charge in [-0.15, -0.1) is 0 Å². The lowest BCUT2D eigenvalue weighted by Gasteiger charge is -2.11. The molecule has 130 valence electrons. The summed E-state index contributed by atoms with van der Waals surface area (Å²) in [5.74, 6) is -0.612. The van der Waals surface area contributed by atoms with Crippen molar-refractivity contribution in [3.05, 3.63) is 59.8 Å². The summed E-state index contributed by atoms with van der Waals surface area (Å²) >= 11 is 5.82. The topological polar surface area (TPSA) is 56.3 Å². The van der Waals surface area contributed by atoms with Gasteiger partial charge in [0.25, 0.3) is 0 Å². The fourth-order valence-electron chi connectivity index (χ4n) is 2.15. The molecule has 0 N–H and O–H groups in total. The zero-order chi connectivity index (χ0) is 18.2. The summed E-state index contributed by atoms with van der Waals surface area (Å²) in [5, 5.41) is 0.0958. The minimum atomic E-state index is -5.81. The van der Waals surface area contributed by atoms with Crippen molar-refractivity contribution in [1.29, 1.82) is 0 Å². The number of alkyl halides is 3. The maximum atomic E-state index is 12.5. The van der Waals surface area contributed by atoms with Gasteiger partial charge in [-0.1, -0.05) is 41.9 Å². The molecule has 4 nitrogen and oxygen atoms in total. The van der Waals surface area contributed by atoms with E-state index in [9.17, 15) is 21.6 Å². The van der Waals surface area contributed by atoms with Crippen LogP contribution in [0.5, 0.6) is 5.75 Å². The molecule has 0 fully saturated rings. The summed E-state index contributed by atoms with van der Waals surface area (Å²) in [6.07, 6.45) is 1.58. The SMILES string of the molecule is O=S(=O)(Oc1cc2cc(-c3ccccc3)cnc2cc1Cl)C(F)(F)F. The molecular formula is C16H9ClF3NO3S. The van der Waals surface area contributed by atoms with Crippen molar-refractivity contribution in [2.45, 2.75) is 5.51 Å². The van der Waals surface area contributed by atoms with Crippen molar-refractivity contribution < 1.29 is 25.8 Å². The first-order chi connectivity index (χ1) is 11.7. The van der Waals surface area contributed by atoms with Crippen molar-refractivity contribution in [2.24, 2.45) is 0 Å². The van der Waals surface area contributed by atoms with E-state index < -0.39 is 21.4 Å². The van der Waals surface area contributed by atoms with E-state index in [-0.39, 0.29) is 5.02 Å². The highest BCUT2D eigenvalue weighted by Gasteiger charge is 2.48. The van der Waals surface area contributed by atoms with E-state index in [1.165, 1.54) is 6.07 Å². The molecule has 0 amide bonds. The summed E-state index contributed by atoms with van der Waals surface area (Å²) in [7, 11) is -5.81.